The van der Waals surface area contributed by atoms with Crippen molar-refractivity contribution in [2.45, 2.75) is 39.0 Å². The summed E-state index contributed by atoms with van der Waals surface area (Å²) in [5.74, 6) is 1.32. The van der Waals surface area contributed by atoms with Crippen molar-refractivity contribution in [1.29, 1.82) is 0 Å². The van der Waals surface area contributed by atoms with E-state index in [1.807, 2.05) is 17.4 Å². The Morgan fingerprint density at radius 2 is 2.25 bits per heavy atom. The van der Waals surface area contributed by atoms with Crippen molar-refractivity contribution in [2.75, 3.05) is 26.2 Å². The zero-order chi connectivity index (χ0) is 16.9. The second kappa shape index (κ2) is 8.08. The molecule has 2 N–H and O–H groups in total. The summed E-state index contributed by atoms with van der Waals surface area (Å²) in [5, 5.41) is 4.31. The highest BCUT2D eigenvalue weighted by Gasteiger charge is 2.28. The Labute approximate surface area is 148 Å². The van der Waals surface area contributed by atoms with Crippen molar-refractivity contribution in [3.8, 4) is 0 Å². The Kier molecular flexibility index (Phi) is 5.85. The Morgan fingerprint density at radius 3 is 3.04 bits per heavy atom. The first kappa shape index (κ1) is 17.4. The van der Waals surface area contributed by atoms with Crippen LogP contribution in [0.15, 0.2) is 24.3 Å². The van der Waals surface area contributed by atoms with Gasteiger partial charge in [-0.2, -0.15) is 0 Å². The SMILES string of the molecule is CC(C)CCNC(=O)C[NH+]1CCC[C@@H](c2nc3ccccc3s2)C1. The summed E-state index contributed by atoms with van der Waals surface area (Å²) >= 11 is 1.82. The summed E-state index contributed by atoms with van der Waals surface area (Å²) in [5.41, 5.74) is 1.11. The number of hydrogen-bond donors (Lipinski definition) is 2. The van der Waals surface area contributed by atoms with E-state index < -0.39 is 0 Å². The van der Waals surface area contributed by atoms with E-state index in [-0.39, 0.29) is 5.91 Å². The van der Waals surface area contributed by atoms with Crippen molar-refractivity contribution in [1.82, 2.24) is 10.3 Å². The zero-order valence-corrected chi connectivity index (χ0v) is 15.5. The number of rotatable bonds is 6. The largest absolute Gasteiger partial charge is 0.351 e. The number of nitrogens with zero attached hydrogens (tertiary/aromatic N) is 1. The molecule has 0 spiro atoms. The summed E-state index contributed by atoms with van der Waals surface area (Å²) in [4.78, 5) is 18.4. The standard InChI is InChI=1S/C19H27N3OS/c1-14(2)9-10-20-18(23)13-22-11-5-6-15(12-22)19-21-16-7-3-4-8-17(16)24-19/h3-4,7-8,14-15H,5-6,9-13H2,1-2H3,(H,20,23)/p+1/t15-/m1/s1. The fourth-order valence-electron chi connectivity index (χ4n) is 3.38. The van der Waals surface area contributed by atoms with E-state index in [1.54, 1.807) is 0 Å². The lowest BCUT2D eigenvalue weighted by Crippen LogP contribution is -3.14. The predicted octanol–water partition coefficient (Wildman–Crippen LogP) is 2.22. The molecule has 1 aromatic carbocycles. The molecule has 0 bridgehead atoms. The van der Waals surface area contributed by atoms with Crippen LogP contribution in [0, 0.1) is 5.92 Å². The number of carbonyl (C=O) groups excluding carboxylic acids is 1. The van der Waals surface area contributed by atoms with Crippen molar-refractivity contribution >= 4 is 27.5 Å². The van der Waals surface area contributed by atoms with E-state index in [2.05, 4.69) is 37.4 Å². The number of piperidine rings is 1. The average Bonchev–Trinajstić information content (AvgIpc) is 2.99. The third-order valence-electron chi connectivity index (χ3n) is 4.73. The number of aromatic nitrogens is 1. The van der Waals surface area contributed by atoms with E-state index in [4.69, 9.17) is 4.98 Å². The highest BCUT2D eigenvalue weighted by atomic mass is 32.1. The highest BCUT2D eigenvalue weighted by Crippen LogP contribution is 2.30. The maximum Gasteiger partial charge on any atom is 0.275 e. The highest BCUT2D eigenvalue weighted by molar-refractivity contribution is 7.18. The van der Waals surface area contributed by atoms with Crippen molar-refractivity contribution in [2.24, 2.45) is 5.92 Å². The molecule has 0 saturated carbocycles. The second-order valence-corrected chi connectivity index (χ2v) is 8.33. The van der Waals surface area contributed by atoms with Crippen LogP contribution in [0.4, 0.5) is 0 Å². The number of hydrogen-bond acceptors (Lipinski definition) is 3. The molecule has 130 valence electrons. The fourth-order valence-corrected chi connectivity index (χ4v) is 4.48. The van der Waals surface area contributed by atoms with Crippen LogP contribution in [0.25, 0.3) is 10.2 Å². The molecular weight excluding hydrogens is 318 g/mol. The Balaban J connectivity index is 1.55. The van der Waals surface area contributed by atoms with Gasteiger partial charge in [0.15, 0.2) is 6.54 Å². The second-order valence-electron chi connectivity index (χ2n) is 7.27. The number of likely N-dealkylation sites (tertiary alicyclic amines) is 1. The van der Waals surface area contributed by atoms with Gasteiger partial charge in [0, 0.05) is 6.54 Å². The Hall–Kier alpha value is -1.46. The van der Waals surface area contributed by atoms with Gasteiger partial charge in [0.25, 0.3) is 5.91 Å². The maximum absolute atomic E-state index is 12.1. The normalized spacial score (nSPS) is 21.3. The van der Waals surface area contributed by atoms with Gasteiger partial charge < -0.3 is 10.2 Å². The minimum Gasteiger partial charge on any atom is -0.351 e. The minimum absolute atomic E-state index is 0.190. The van der Waals surface area contributed by atoms with Crippen LogP contribution < -0.4 is 10.2 Å². The van der Waals surface area contributed by atoms with E-state index >= 15 is 0 Å². The molecule has 4 nitrogen and oxygen atoms in total. The molecule has 24 heavy (non-hydrogen) atoms. The number of thiazole rings is 1. The van der Waals surface area contributed by atoms with Gasteiger partial charge in [-0.15, -0.1) is 11.3 Å². The molecular formula is C19H28N3OS+. The number of quaternary nitrogens is 1. The first-order valence-corrected chi connectivity index (χ1v) is 9.89. The number of benzene rings is 1. The first-order valence-electron chi connectivity index (χ1n) is 9.07. The molecule has 0 aliphatic carbocycles. The summed E-state index contributed by atoms with van der Waals surface area (Å²) in [6.45, 7) is 7.89. The zero-order valence-electron chi connectivity index (χ0n) is 14.7. The Bertz CT molecular complexity index is 649. The van der Waals surface area contributed by atoms with Gasteiger partial charge in [-0.3, -0.25) is 4.79 Å². The van der Waals surface area contributed by atoms with E-state index in [9.17, 15) is 4.79 Å². The predicted molar refractivity (Wildman–Crippen MR) is 99.6 cm³/mol. The van der Waals surface area contributed by atoms with Gasteiger partial charge in [-0.05, 0) is 37.3 Å². The van der Waals surface area contributed by atoms with Crippen molar-refractivity contribution in [3.05, 3.63) is 29.3 Å². The molecule has 1 aromatic heterocycles. The molecule has 3 rings (SSSR count). The topological polar surface area (TPSA) is 46.4 Å². The van der Waals surface area contributed by atoms with Crippen LogP contribution in [0.5, 0.6) is 0 Å². The van der Waals surface area contributed by atoms with Gasteiger partial charge >= 0.3 is 0 Å². The lowest BCUT2D eigenvalue weighted by Gasteiger charge is -2.28. The molecule has 2 atom stereocenters. The van der Waals surface area contributed by atoms with Crippen LogP contribution >= 0.6 is 11.3 Å². The van der Waals surface area contributed by atoms with E-state index in [0.29, 0.717) is 18.4 Å². The first-order chi connectivity index (χ1) is 11.6. The monoisotopic (exact) mass is 346 g/mol. The summed E-state index contributed by atoms with van der Waals surface area (Å²) in [6, 6.07) is 8.35. The minimum atomic E-state index is 0.190. The van der Waals surface area contributed by atoms with Gasteiger partial charge in [-0.25, -0.2) is 4.98 Å². The summed E-state index contributed by atoms with van der Waals surface area (Å²) in [6.07, 6.45) is 3.42. The number of amides is 1. The van der Waals surface area contributed by atoms with Crippen molar-refractivity contribution < 1.29 is 9.69 Å². The van der Waals surface area contributed by atoms with Crippen LogP contribution in [-0.2, 0) is 4.79 Å². The third kappa shape index (κ3) is 4.54. The molecule has 1 aliphatic rings. The molecule has 2 heterocycles. The van der Waals surface area contributed by atoms with Gasteiger partial charge in [-0.1, -0.05) is 26.0 Å². The lowest BCUT2D eigenvalue weighted by molar-refractivity contribution is -0.898. The number of carbonyl (C=O) groups is 1. The number of para-hydroxylation sites is 1. The van der Waals surface area contributed by atoms with Gasteiger partial charge in [0.1, 0.15) is 5.01 Å². The van der Waals surface area contributed by atoms with E-state index in [1.165, 1.54) is 27.4 Å². The number of nitrogens with one attached hydrogen (secondary N) is 2. The molecule has 0 radical (unpaired) electrons. The van der Waals surface area contributed by atoms with Crippen LogP contribution in [0.2, 0.25) is 0 Å². The molecule has 5 heteroatoms. The number of fused-ring (bicyclic) bond motifs is 1. The third-order valence-corrected chi connectivity index (χ3v) is 5.93. The van der Waals surface area contributed by atoms with Crippen LogP contribution in [0.3, 0.4) is 0 Å². The van der Waals surface area contributed by atoms with E-state index in [0.717, 1.165) is 31.6 Å². The quantitative estimate of drug-likeness (QED) is 0.842. The van der Waals surface area contributed by atoms with Crippen LogP contribution in [-0.4, -0.2) is 37.1 Å². The lowest BCUT2D eigenvalue weighted by atomic mass is 9.99. The molecule has 2 aromatic rings. The molecule has 1 amide bonds. The molecule has 1 unspecified atom stereocenters. The summed E-state index contributed by atoms with van der Waals surface area (Å²) < 4.78 is 1.27. The Morgan fingerprint density at radius 1 is 1.42 bits per heavy atom. The average molecular weight is 347 g/mol. The molecule has 1 aliphatic heterocycles. The molecule has 1 saturated heterocycles. The van der Waals surface area contributed by atoms with Crippen LogP contribution in [0.1, 0.15) is 44.0 Å². The maximum atomic E-state index is 12.1. The van der Waals surface area contributed by atoms with Gasteiger partial charge in [0.05, 0.1) is 29.2 Å². The van der Waals surface area contributed by atoms with Gasteiger partial charge in [0.2, 0.25) is 0 Å². The smallest absolute Gasteiger partial charge is 0.275 e. The van der Waals surface area contributed by atoms with Crippen molar-refractivity contribution in [3.63, 3.8) is 0 Å². The fraction of sp³-hybridized carbons (Fsp3) is 0.579. The summed E-state index contributed by atoms with van der Waals surface area (Å²) in [7, 11) is 0. The molecule has 1 fully saturated rings.